The largest absolute Gasteiger partial charge is 0.350 e. The van der Waals surface area contributed by atoms with Crippen molar-refractivity contribution in [1.82, 2.24) is 0 Å². The highest BCUT2D eigenvalue weighted by Gasteiger charge is 2.24. The lowest BCUT2D eigenvalue weighted by Gasteiger charge is -2.31. The molecule has 4 unspecified atom stereocenters. The molecule has 23 heavy (non-hydrogen) atoms. The molecule has 0 amide bonds. The predicted octanol–water partition coefficient (Wildman–Crippen LogP) is 5.29. The Bertz CT molecular complexity index is 222. The van der Waals surface area contributed by atoms with Crippen molar-refractivity contribution in [2.24, 2.45) is 0 Å². The third-order valence-corrected chi connectivity index (χ3v) is 4.22. The van der Waals surface area contributed by atoms with Crippen molar-refractivity contribution in [1.29, 1.82) is 0 Å². The number of ether oxygens (including phenoxy) is 4. The first kappa shape index (κ1) is 22.8. The van der Waals surface area contributed by atoms with Crippen LogP contribution in [0.3, 0.4) is 0 Å². The molecule has 0 saturated carbocycles. The Hall–Kier alpha value is -0.160. The van der Waals surface area contributed by atoms with Crippen molar-refractivity contribution in [3.05, 3.63) is 0 Å². The first-order valence-electron chi connectivity index (χ1n) is 9.47. The molecule has 0 fully saturated rings. The van der Waals surface area contributed by atoms with Crippen LogP contribution in [0.1, 0.15) is 87.5 Å². The molecule has 0 aromatic rings. The molecule has 4 atom stereocenters. The summed E-state index contributed by atoms with van der Waals surface area (Å²) in [6.45, 7) is 16.8. The maximum Gasteiger partial charge on any atom is 0.163 e. The fraction of sp³-hybridized carbons (Fsp3) is 1.00. The minimum Gasteiger partial charge on any atom is -0.350 e. The van der Waals surface area contributed by atoms with Crippen LogP contribution in [-0.4, -0.2) is 37.0 Å². The molecule has 0 heterocycles. The van der Waals surface area contributed by atoms with E-state index in [4.69, 9.17) is 18.9 Å². The van der Waals surface area contributed by atoms with E-state index in [9.17, 15) is 0 Å². The minimum absolute atomic E-state index is 0.164. The highest BCUT2D eigenvalue weighted by atomic mass is 16.7. The van der Waals surface area contributed by atoms with E-state index in [1.54, 1.807) is 0 Å². The molecule has 0 aliphatic carbocycles. The van der Waals surface area contributed by atoms with Gasteiger partial charge >= 0.3 is 0 Å². The van der Waals surface area contributed by atoms with E-state index in [1.165, 1.54) is 0 Å². The zero-order valence-corrected chi connectivity index (χ0v) is 16.6. The van der Waals surface area contributed by atoms with Gasteiger partial charge in [0.1, 0.15) is 0 Å². The SMILES string of the molecule is CCC(C)OC(CC(OC(C)CC)OC(C)CC)OC(C)CC. The van der Waals surface area contributed by atoms with Crippen LogP contribution in [0.4, 0.5) is 0 Å². The Balaban J connectivity index is 4.83. The van der Waals surface area contributed by atoms with Crippen LogP contribution in [0.2, 0.25) is 0 Å². The summed E-state index contributed by atoms with van der Waals surface area (Å²) in [6, 6.07) is 0. The first-order chi connectivity index (χ1) is 10.9. The summed E-state index contributed by atoms with van der Waals surface area (Å²) >= 11 is 0. The third-order valence-electron chi connectivity index (χ3n) is 4.22. The zero-order valence-electron chi connectivity index (χ0n) is 16.6. The summed E-state index contributed by atoms with van der Waals surface area (Å²) in [7, 11) is 0. The number of hydrogen-bond donors (Lipinski definition) is 0. The molecule has 0 rings (SSSR count). The van der Waals surface area contributed by atoms with Gasteiger partial charge in [0.2, 0.25) is 0 Å². The lowest BCUT2D eigenvalue weighted by molar-refractivity contribution is -0.252. The van der Waals surface area contributed by atoms with Crippen molar-refractivity contribution in [2.45, 2.75) is 124 Å². The fourth-order valence-electron chi connectivity index (χ4n) is 1.86. The van der Waals surface area contributed by atoms with Crippen LogP contribution < -0.4 is 0 Å². The highest BCUT2D eigenvalue weighted by Crippen LogP contribution is 2.19. The zero-order chi connectivity index (χ0) is 17.8. The Morgan fingerprint density at radius 3 is 0.870 bits per heavy atom. The van der Waals surface area contributed by atoms with Gasteiger partial charge in [-0.05, 0) is 53.4 Å². The summed E-state index contributed by atoms with van der Waals surface area (Å²) < 4.78 is 24.2. The molecule has 0 spiro atoms. The second-order valence-electron chi connectivity index (χ2n) is 6.51. The molecule has 0 bridgehead atoms. The molecule has 4 nitrogen and oxygen atoms in total. The van der Waals surface area contributed by atoms with Gasteiger partial charge in [-0.25, -0.2) is 0 Å². The van der Waals surface area contributed by atoms with E-state index in [0.717, 1.165) is 25.7 Å². The van der Waals surface area contributed by atoms with Crippen LogP contribution in [0.25, 0.3) is 0 Å². The fourth-order valence-corrected chi connectivity index (χ4v) is 1.86. The Morgan fingerprint density at radius 2 is 0.696 bits per heavy atom. The first-order valence-corrected chi connectivity index (χ1v) is 9.47. The minimum atomic E-state index is -0.294. The van der Waals surface area contributed by atoms with Gasteiger partial charge in [0.15, 0.2) is 12.6 Å². The normalized spacial score (nSPS) is 19.8. The van der Waals surface area contributed by atoms with Crippen molar-refractivity contribution in [2.75, 3.05) is 0 Å². The van der Waals surface area contributed by atoms with E-state index < -0.39 is 0 Å². The Morgan fingerprint density at radius 1 is 0.478 bits per heavy atom. The summed E-state index contributed by atoms with van der Waals surface area (Å²) in [5.41, 5.74) is 0. The van der Waals surface area contributed by atoms with Crippen molar-refractivity contribution in [3.8, 4) is 0 Å². The van der Waals surface area contributed by atoms with E-state index in [-0.39, 0.29) is 37.0 Å². The van der Waals surface area contributed by atoms with Gasteiger partial charge in [0.05, 0.1) is 24.4 Å². The quantitative estimate of drug-likeness (QED) is 0.405. The van der Waals surface area contributed by atoms with E-state index in [0.29, 0.717) is 6.42 Å². The number of hydrogen-bond acceptors (Lipinski definition) is 4. The third kappa shape index (κ3) is 11.1. The summed E-state index contributed by atoms with van der Waals surface area (Å²) in [5, 5.41) is 0. The van der Waals surface area contributed by atoms with Crippen LogP contribution in [0, 0.1) is 0 Å². The molecule has 0 aliphatic rings. The van der Waals surface area contributed by atoms with E-state index in [2.05, 4.69) is 55.4 Å². The smallest absolute Gasteiger partial charge is 0.163 e. The van der Waals surface area contributed by atoms with Gasteiger partial charge in [0, 0.05) is 6.42 Å². The molecular weight excluding hydrogens is 292 g/mol. The average molecular weight is 333 g/mol. The second-order valence-corrected chi connectivity index (χ2v) is 6.51. The van der Waals surface area contributed by atoms with Gasteiger partial charge in [-0.2, -0.15) is 0 Å². The molecular formula is C19H40O4. The number of rotatable bonds is 14. The van der Waals surface area contributed by atoms with Gasteiger partial charge in [-0.3, -0.25) is 0 Å². The molecule has 0 aromatic carbocycles. The molecule has 0 N–H and O–H groups in total. The monoisotopic (exact) mass is 332 g/mol. The van der Waals surface area contributed by atoms with Crippen LogP contribution in [0.5, 0.6) is 0 Å². The topological polar surface area (TPSA) is 36.9 Å². The lowest BCUT2D eigenvalue weighted by Crippen LogP contribution is -2.35. The Labute approximate surface area is 144 Å². The molecule has 0 saturated heterocycles. The average Bonchev–Trinajstić information content (AvgIpc) is 2.53. The van der Waals surface area contributed by atoms with Crippen LogP contribution in [0.15, 0.2) is 0 Å². The van der Waals surface area contributed by atoms with Crippen molar-refractivity contribution >= 4 is 0 Å². The van der Waals surface area contributed by atoms with Crippen molar-refractivity contribution in [3.63, 3.8) is 0 Å². The lowest BCUT2D eigenvalue weighted by atomic mass is 10.2. The molecule has 0 aliphatic heterocycles. The van der Waals surface area contributed by atoms with Gasteiger partial charge in [-0.1, -0.05) is 27.7 Å². The Kier molecular flexibility index (Phi) is 13.1. The van der Waals surface area contributed by atoms with E-state index >= 15 is 0 Å². The maximum atomic E-state index is 6.05. The van der Waals surface area contributed by atoms with Gasteiger partial charge < -0.3 is 18.9 Å². The van der Waals surface area contributed by atoms with Crippen molar-refractivity contribution < 1.29 is 18.9 Å². The molecule has 0 radical (unpaired) electrons. The summed E-state index contributed by atoms with van der Waals surface area (Å²) in [4.78, 5) is 0. The molecule has 140 valence electrons. The summed E-state index contributed by atoms with van der Waals surface area (Å²) in [6.07, 6.45) is 4.52. The molecule has 0 aromatic heterocycles. The maximum absolute atomic E-state index is 6.05. The van der Waals surface area contributed by atoms with Crippen LogP contribution >= 0.6 is 0 Å². The van der Waals surface area contributed by atoms with E-state index in [1.807, 2.05) is 0 Å². The van der Waals surface area contributed by atoms with Crippen LogP contribution in [-0.2, 0) is 18.9 Å². The van der Waals surface area contributed by atoms with Gasteiger partial charge in [-0.15, -0.1) is 0 Å². The standard InChI is InChI=1S/C19H40O4/c1-9-14(5)20-18(21-15(6)10-2)13-19(22-16(7)11-3)23-17(8)12-4/h14-19H,9-13H2,1-8H3. The van der Waals surface area contributed by atoms with Gasteiger partial charge in [0.25, 0.3) is 0 Å². The second kappa shape index (κ2) is 13.2. The highest BCUT2D eigenvalue weighted by molar-refractivity contribution is 4.61. The molecule has 4 heteroatoms. The summed E-state index contributed by atoms with van der Waals surface area (Å²) in [5.74, 6) is 0. The predicted molar refractivity (Wildman–Crippen MR) is 95.5 cm³/mol.